The van der Waals surface area contributed by atoms with Crippen LogP contribution in [0.4, 0.5) is 0 Å². The minimum absolute atomic E-state index is 0.326. The van der Waals surface area contributed by atoms with Gasteiger partial charge < -0.3 is 5.21 Å². The van der Waals surface area contributed by atoms with Gasteiger partial charge in [0.15, 0.2) is 0 Å². The molecule has 0 aliphatic rings. The van der Waals surface area contributed by atoms with Gasteiger partial charge in [-0.1, -0.05) is 26.7 Å². The molecule has 11 heavy (non-hydrogen) atoms. The summed E-state index contributed by atoms with van der Waals surface area (Å²) in [6.07, 6.45) is 4.46. The molecule has 1 atom stereocenters. The van der Waals surface area contributed by atoms with Gasteiger partial charge in [0.1, 0.15) is 0 Å². The molecule has 2 heteroatoms. The summed E-state index contributed by atoms with van der Waals surface area (Å²) in [5.41, 5.74) is 0. The first-order valence-corrected chi connectivity index (χ1v) is 4.67. The molecule has 0 spiro atoms. The highest BCUT2D eigenvalue weighted by atomic mass is 16.5. The van der Waals surface area contributed by atoms with Crippen molar-refractivity contribution in [2.45, 2.75) is 52.5 Å². The Hall–Kier alpha value is -0.0800. The number of rotatable bonds is 6. The molecule has 0 radical (unpaired) electrons. The average molecular weight is 159 g/mol. The SMILES string of the molecule is CCCCN(O)C(C)CCC. The predicted octanol–water partition coefficient (Wildman–Crippen LogP) is 2.67. The summed E-state index contributed by atoms with van der Waals surface area (Å²) in [4.78, 5) is 0. The van der Waals surface area contributed by atoms with Crippen molar-refractivity contribution in [3.05, 3.63) is 0 Å². The van der Waals surface area contributed by atoms with Crippen molar-refractivity contribution >= 4 is 0 Å². The summed E-state index contributed by atoms with van der Waals surface area (Å²) in [6.45, 7) is 7.17. The molecule has 0 saturated carbocycles. The van der Waals surface area contributed by atoms with Gasteiger partial charge in [0, 0.05) is 12.6 Å². The van der Waals surface area contributed by atoms with E-state index < -0.39 is 0 Å². The summed E-state index contributed by atoms with van der Waals surface area (Å²) in [7, 11) is 0. The zero-order valence-corrected chi connectivity index (χ0v) is 8.01. The molecule has 0 bridgehead atoms. The lowest BCUT2D eigenvalue weighted by Crippen LogP contribution is -2.30. The molecule has 0 heterocycles. The highest BCUT2D eigenvalue weighted by Gasteiger charge is 2.07. The average Bonchev–Trinajstić information content (AvgIpc) is 2.00. The van der Waals surface area contributed by atoms with Crippen LogP contribution in [0, 0.1) is 0 Å². The topological polar surface area (TPSA) is 23.5 Å². The molecule has 0 aromatic carbocycles. The van der Waals surface area contributed by atoms with Crippen molar-refractivity contribution in [2.75, 3.05) is 6.54 Å². The van der Waals surface area contributed by atoms with E-state index in [2.05, 4.69) is 20.8 Å². The third-order valence-electron chi connectivity index (χ3n) is 1.96. The zero-order chi connectivity index (χ0) is 8.69. The molecule has 0 saturated heterocycles. The van der Waals surface area contributed by atoms with Gasteiger partial charge in [0.05, 0.1) is 0 Å². The van der Waals surface area contributed by atoms with Crippen LogP contribution in [0.5, 0.6) is 0 Å². The molecule has 0 aromatic heterocycles. The highest BCUT2D eigenvalue weighted by molar-refractivity contribution is 4.57. The Kier molecular flexibility index (Phi) is 6.57. The highest BCUT2D eigenvalue weighted by Crippen LogP contribution is 2.04. The van der Waals surface area contributed by atoms with Crippen LogP contribution in [0.25, 0.3) is 0 Å². The molecule has 2 nitrogen and oxygen atoms in total. The summed E-state index contributed by atoms with van der Waals surface area (Å²) in [5.74, 6) is 0. The maximum atomic E-state index is 9.41. The Morgan fingerprint density at radius 1 is 1.27 bits per heavy atom. The van der Waals surface area contributed by atoms with E-state index in [9.17, 15) is 5.21 Å². The van der Waals surface area contributed by atoms with Gasteiger partial charge in [-0.2, -0.15) is 5.06 Å². The van der Waals surface area contributed by atoms with E-state index in [1.54, 1.807) is 0 Å². The maximum Gasteiger partial charge on any atom is 0.0321 e. The van der Waals surface area contributed by atoms with Crippen molar-refractivity contribution < 1.29 is 5.21 Å². The van der Waals surface area contributed by atoms with Gasteiger partial charge in [0.2, 0.25) is 0 Å². The van der Waals surface area contributed by atoms with Gasteiger partial charge in [-0.15, -0.1) is 0 Å². The Balaban J connectivity index is 3.38. The van der Waals surface area contributed by atoms with Crippen molar-refractivity contribution in [2.24, 2.45) is 0 Å². The fraction of sp³-hybridized carbons (Fsp3) is 1.00. The third-order valence-corrected chi connectivity index (χ3v) is 1.96. The van der Waals surface area contributed by atoms with Gasteiger partial charge in [0.25, 0.3) is 0 Å². The molecule has 1 unspecified atom stereocenters. The normalized spacial score (nSPS) is 13.9. The molecule has 0 rings (SSSR count). The molecular formula is C9H21NO. The number of hydrogen-bond donors (Lipinski definition) is 1. The van der Waals surface area contributed by atoms with Crippen molar-refractivity contribution in [3.8, 4) is 0 Å². The first-order valence-electron chi connectivity index (χ1n) is 4.67. The van der Waals surface area contributed by atoms with Crippen LogP contribution in [0.2, 0.25) is 0 Å². The maximum absolute atomic E-state index is 9.41. The molecule has 1 N–H and O–H groups in total. The largest absolute Gasteiger partial charge is 0.314 e. The van der Waals surface area contributed by atoms with Gasteiger partial charge in [-0.25, -0.2) is 0 Å². The smallest absolute Gasteiger partial charge is 0.0321 e. The number of hydrogen-bond acceptors (Lipinski definition) is 2. The lowest BCUT2D eigenvalue weighted by molar-refractivity contribution is -0.124. The lowest BCUT2D eigenvalue weighted by atomic mass is 10.2. The van der Waals surface area contributed by atoms with Crippen molar-refractivity contribution in [1.82, 2.24) is 5.06 Å². The molecule has 0 aliphatic heterocycles. The van der Waals surface area contributed by atoms with Crippen LogP contribution >= 0.6 is 0 Å². The molecular weight excluding hydrogens is 138 g/mol. The monoisotopic (exact) mass is 159 g/mol. The second kappa shape index (κ2) is 6.62. The number of hydroxylamine groups is 2. The molecule has 0 aliphatic carbocycles. The van der Waals surface area contributed by atoms with E-state index in [1.807, 2.05) is 0 Å². The molecule has 0 amide bonds. The minimum Gasteiger partial charge on any atom is -0.314 e. The predicted molar refractivity (Wildman–Crippen MR) is 47.8 cm³/mol. The quantitative estimate of drug-likeness (QED) is 0.602. The van der Waals surface area contributed by atoms with Crippen molar-refractivity contribution in [3.63, 3.8) is 0 Å². The van der Waals surface area contributed by atoms with Gasteiger partial charge in [-0.05, 0) is 19.8 Å². The Bertz CT molecular complexity index is 85.6. The van der Waals surface area contributed by atoms with Gasteiger partial charge in [-0.3, -0.25) is 0 Å². The summed E-state index contributed by atoms with van der Waals surface area (Å²) in [6, 6.07) is 0.326. The number of unbranched alkanes of at least 4 members (excludes halogenated alkanes) is 1. The second-order valence-corrected chi connectivity index (χ2v) is 3.15. The molecule has 0 fully saturated rings. The van der Waals surface area contributed by atoms with Crippen LogP contribution in [0.1, 0.15) is 46.5 Å². The zero-order valence-electron chi connectivity index (χ0n) is 8.01. The van der Waals surface area contributed by atoms with E-state index in [0.717, 1.165) is 32.2 Å². The number of nitrogens with zero attached hydrogens (tertiary/aromatic N) is 1. The van der Waals surface area contributed by atoms with Crippen molar-refractivity contribution in [1.29, 1.82) is 0 Å². The fourth-order valence-electron chi connectivity index (χ4n) is 1.11. The minimum atomic E-state index is 0.326. The standard InChI is InChI=1S/C9H21NO/c1-4-6-8-10(11)9(3)7-5-2/h9,11H,4-8H2,1-3H3. The lowest BCUT2D eigenvalue weighted by Gasteiger charge is -2.21. The fourth-order valence-corrected chi connectivity index (χ4v) is 1.11. The summed E-state index contributed by atoms with van der Waals surface area (Å²) >= 11 is 0. The Morgan fingerprint density at radius 2 is 1.91 bits per heavy atom. The van der Waals surface area contributed by atoms with E-state index in [0.29, 0.717) is 6.04 Å². The Morgan fingerprint density at radius 3 is 2.36 bits per heavy atom. The summed E-state index contributed by atoms with van der Waals surface area (Å²) < 4.78 is 0. The molecule has 0 aromatic rings. The summed E-state index contributed by atoms with van der Waals surface area (Å²) in [5, 5.41) is 10.9. The first-order chi connectivity index (χ1) is 5.22. The molecule has 68 valence electrons. The first kappa shape index (κ1) is 10.9. The van der Waals surface area contributed by atoms with Crippen LogP contribution < -0.4 is 0 Å². The van der Waals surface area contributed by atoms with E-state index in [-0.39, 0.29) is 0 Å². The second-order valence-electron chi connectivity index (χ2n) is 3.15. The van der Waals surface area contributed by atoms with E-state index in [1.165, 1.54) is 5.06 Å². The third kappa shape index (κ3) is 5.22. The van der Waals surface area contributed by atoms with E-state index >= 15 is 0 Å². The van der Waals surface area contributed by atoms with Crippen LogP contribution in [0.15, 0.2) is 0 Å². The van der Waals surface area contributed by atoms with Crippen LogP contribution in [-0.4, -0.2) is 22.9 Å². The Labute approximate surface area is 70.2 Å². The van der Waals surface area contributed by atoms with Gasteiger partial charge >= 0.3 is 0 Å². The van der Waals surface area contributed by atoms with Crippen LogP contribution in [0.3, 0.4) is 0 Å². The van der Waals surface area contributed by atoms with Crippen LogP contribution in [-0.2, 0) is 0 Å². The van der Waals surface area contributed by atoms with E-state index in [4.69, 9.17) is 0 Å².